The summed E-state index contributed by atoms with van der Waals surface area (Å²) in [5, 5.41) is 3.41. The van der Waals surface area contributed by atoms with Crippen molar-refractivity contribution in [1.82, 2.24) is 14.5 Å². The van der Waals surface area contributed by atoms with Crippen LogP contribution in [-0.4, -0.2) is 35.9 Å². The summed E-state index contributed by atoms with van der Waals surface area (Å²) < 4.78 is 42.1. The molecule has 0 atom stereocenters. The number of benzene rings is 7. The number of hydrogen-bond acceptors (Lipinski definition) is 3. The van der Waals surface area contributed by atoms with Gasteiger partial charge in [0.1, 0.15) is 5.58 Å². The van der Waals surface area contributed by atoms with Gasteiger partial charge in [-0.2, -0.15) is 0 Å². The molecule has 4 nitrogen and oxygen atoms in total. The van der Waals surface area contributed by atoms with Crippen molar-refractivity contribution >= 4 is 63.9 Å². The number of para-hydroxylation sites is 2. The fourth-order valence-electron chi connectivity index (χ4n) is 8.67. The number of nitrogens with zero attached hydrogens (tertiary/aromatic N) is 3. The van der Waals surface area contributed by atoms with E-state index >= 15 is 0 Å². The molecule has 10 rings (SSSR count). The first-order valence-corrected chi connectivity index (χ1v) is 33.8. The number of imidazole rings is 1. The maximum Gasteiger partial charge on any atom is 0 e. The quantitative estimate of drug-likeness (QED) is 0.107. The van der Waals surface area contributed by atoms with Gasteiger partial charge < -0.3 is 8.98 Å². The van der Waals surface area contributed by atoms with Crippen LogP contribution in [-0.2, 0) is 20.1 Å². The van der Waals surface area contributed by atoms with E-state index in [4.69, 9.17) is 9.40 Å². The Kier molecular flexibility index (Phi) is 13.4. The van der Waals surface area contributed by atoms with Crippen LogP contribution >= 0.6 is 0 Å². The smallest absolute Gasteiger partial charge is 0 e. The molecule has 7 aromatic carbocycles. The third-order valence-corrected chi connectivity index (χ3v) is 18.8. The van der Waals surface area contributed by atoms with E-state index in [1.807, 2.05) is 82.4 Å². The van der Waals surface area contributed by atoms with Gasteiger partial charge in [-0.25, -0.2) is 0 Å². The van der Waals surface area contributed by atoms with E-state index in [0.717, 1.165) is 83.3 Å². The predicted octanol–water partition coefficient (Wildman–Crippen LogP) is 15.7. The fraction of sp³-hybridized carbons (Fsp3) is 0.200. The van der Waals surface area contributed by atoms with Gasteiger partial charge in [0.05, 0.1) is 30.5 Å². The van der Waals surface area contributed by atoms with Crippen LogP contribution in [0.25, 0.3) is 83.6 Å². The average molecular weight is 1150 g/mol. The summed E-state index contributed by atoms with van der Waals surface area (Å²) in [5.41, 5.74) is 12.4. The van der Waals surface area contributed by atoms with Crippen LogP contribution in [0.15, 0.2) is 162 Å². The second kappa shape index (κ2) is 19.7. The molecule has 0 saturated heterocycles. The van der Waals surface area contributed by atoms with Crippen LogP contribution in [0.2, 0.25) is 36.9 Å². The van der Waals surface area contributed by atoms with Crippen molar-refractivity contribution in [3.8, 4) is 50.6 Å². The van der Waals surface area contributed by atoms with Gasteiger partial charge in [-0.05, 0) is 75.5 Å². The summed E-state index contributed by atoms with van der Waals surface area (Å²) in [6, 6.07) is 57.0. The molecule has 0 bridgehead atoms. The van der Waals surface area contributed by atoms with E-state index in [-0.39, 0.29) is 25.9 Å². The number of furan rings is 1. The molecule has 0 fully saturated rings. The zero-order valence-corrected chi connectivity index (χ0v) is 46.0. The van der Waals surface area contributed by atoms with E-state index in [9.17, 15) is 7.13 Å². The molecule has 0 saturated carbocycles. The molecular weight excluding hydrogens is 1090 g/mol. The SMILES string of the molecule is [2H]C(C)(C)c1cc(-c2ccc([Si](C)(C)C)cc2)cc(C([2H])(C)C)c1-n1c(-c2[c-]ccc3c2oc2cc(-c4ccccc4)ccc23)nc2ccccc21.[CH3][Ge]([CH3])([CH3])[c]1ccc(-c2[c-]cc(F)cc2)nc1.[Ir]. The number of aromatic nitrogens is 3. The minimum Gasteiger partial charge on any atom is 0 e. The molecule has 0 amide bonds. The standard InChI is InChI=1S/C46H43N2OSi.C14H15FGeN.Ir/c1-29(2)39-26-34(32-20-23-35(24-21-32)50(5,6)7)27-40(30(3)4)44(39)48-42-19-12-11-18-41(42)47-46(48)38-17-13-16-37-36-25-22-33(28-43(36)49-45(37)38)31-14-9-8-10-15-31;1-16(2,3)13-8-9-14(17-10-13)11-4-6-12(15)7-5-11;/h8-16,18-30H,1-7H3;4,6-10H,1-3H3;/q2*-1;/i29D,30D;;. The first-order valence-electron chi connectivity index (χ1n) is 24.0. The zero-order valence-electron chi connectivity index (χ0n) is 42.5. The average Bonchev–Trinajstić information content (AvgIpc) is 3.89. The zero-order chi connectivity index (χ0) is 49.0. The predicted molar refractivity (Wildman–Crippen MR) is 286 cm³/mol. The Bertz CT molecular complexity index is 3440. The Morgan fingerprint density at radius 3 is 1.97 bits per heavy atom. The molecule has 3 heterocycles. The Hall–Kier alpha value is -5.70. The summed E-state index contributed by atoms with van der Waals surface area (Å²) >= 11 is -1.79. The second-order valence-electron chi connectivity index (χ2n) is 19.9. The van der Waals surface area contributed by atoms with Crippen molar-refractivity contribution in [2.45, 2.75) is 76.4 Å². The van der Waals surface area contributed by atoms with Gasteiger partial charge in [0, 0.05) is 33.9 Å². The molecule has 0 aliphatic rings. The maximum atomic E-state index is 12.8. The van der Waals surface area contributed by atoms with Gasteiger partial charge in [-0.1, -0.05) is 142 Å². The molecule has 0 unspecified atom stereocenters. The second-order valence-corrected chi connectivity index (χ2v) is 35.6. The molecule has 68 heavy (non-hydrogen) atoms. The summed E-state index contributed by atoms with van der Waals surface area (Å²) in [7, 11) is -1.48. The van der Waals surface area contributed by atoms with E-state index in [2.05, 4.69) is 144 Å². The Morgan fingerprint density at radius 1 is 0.691 bits per heavy atom. The van der Waals surface area contributed by atoms with Crippen LogP contribution in [0.1, 0.15) is 53.4 Å². The van der Waals surface area contributed by atoms with Crippen LogP contribution in [0.3, 0.4) is 0 Å². The van der Waals surface area contributed by atoms with Gasteiger partial charge in [-0.3, -0.25) is 4.98 Å². The Balaban J connectivity index is 0.000000309. The van der Waals surface area contributed by atoms with E-state index in [1.165, 1.54) is 21.7 Å². The van der Waals surface area contributed by atoms with E-state index < -0.39 is 33.1 Å². The van der Waals surface area contributed by atoms with Crippen molar-refractivity contribution in [2.75, 3.05) is 0 Å². The van der Waals surface area contributed by atoms with Gasteiger partial charge in [0.15, 0.2) is 0 Å². The number of pyridine rings is 1. The van der Waals surface area contributed by atoms with Gasteiger partial charge >= 0.3 is 104 Å². The van der Waals surface area contributed by atoms with Crippen molar-refractivity contribution in [3.63, 3.8) is 0 Å². The topological polar surface area (TPSA) is 43.9 Å². The number of hydrogen-bond donors (Lipinski definition) is 0. The van der Waals surface area contributed by atoms with Crippen LogP contribution in [0, 0.1) is 17.9 Å². The van der Waals surface area contributed by atoms with Crippen molar-refractivity contribution in [2.24, 2.45) is 0 Å². The summed E-state index contributed by atoms with van der Waals surface area (Å²) in [6.45, 7) is 14.8. The number of rotatable bonds is 9. The summed E-state index contributed by atoms with van der Waals surface area (Å²) in [5.74, 6) is 5.39. The minimum absolute atomic E-state index is 0. The molecule has 8 heteroatoms. The van der Waals surface area contributed by atoms with Crippen molar-refractivity contribution in [1.29, 1.82) is 0 Å². The van der Waals surface area contributed by atoms with Crippen molar-refractivity contribution in [3.05, 3.63) is 187 Å². The molecule has 0 spiro atoms. The Morgan fingerprint density at radius 2 is 1.35 bits per heavy atom. The van der Waals surface area contributed by atoms with Gasteiger partial charge in [-0.15, -0.1) is 18.2 Å². The van der Waals surface area contributed by atoms with Gasteiger partial charge in [0.25, 0.3) is 0 Å². The van der Waals surface area contributed by atoms with E-state index in [1.54, 1.807) is 6.07 Å². The molecule has 0 aliphatic heterocycles. The van der Waals surface area contributed by atoms with E-state index in [0.29, 0.717) is 11.4 Å². The first-order chi connectivity index (χ1) is 32.6. The normalized spacial score (nSPS) is 12.6. The largest absolute Gasteiger partial charge is 0 e. The first kappa shape index (κ1) is 46.0. The van der Waals surface area contributed by atoms with Crippen LogP contribution in [0.5, 0.6) is 0 Å². The third kappa shape index (κ3) is 9.91. The minimum atomic E-state index is -1.79. The number of halogens is 1. The van der Waals surface area contributed by atoms with Gasteiger partial charge in [0.2, 0.25) is 0 Å². The van der Waals surface area contributed by atoms with Crippen LogP contribution in [0.4, 0.5) is 4.39 Å². The maximum absolute atomic E-state index is 12.8. The Labute approximate surface area is 421 Å². The molecular formula is C60H58FGeIrN3OSi-2. The molecule has 0 N–H and O–H groups in total. The fourth-order valence-corrected chi connectivity index (χ4v) is 12.0. The number of fused-ring (bicyclic) bond motifs is 4. The van der Waals surface area contributed by atoms with Crippen molar-refractivity contribution < 1.29 is 31.7 Å². The monoisotopic (exact) mass is 1150 g/mol. The molecule has 10 aromatic rings. The molecule has 345 valence electrons. The summed E-state index contributed by atoms with van der Waals surface area (Å²) in [6.07, 6.45) is 1.95. The third-order valence-electron chi connectivity index (χ3n) is 12.5. The molecule has 3 aromatic heterocycles. The van der Waals surface area contributed by atoms with Crippen LogP contribution < -0.4 is 9.58 Å². The molecule has 1 radical (unpaired) electrons. The summed E-state index contributed by atoms with van der Waals surface area (Å²) in [4.78, 5) is 9.70. The molecule has 0 aliphatic carbocycles.